The molecule has 2 rings (SSSR count). The Morgan fingerprint density at radius 3 is 2.44 bits per heavy atom. The molecular weight excluding hydrogens is 404 g/mol. The third-order valence-electron chi connectivity index (χ3n) is 7.33. The van der Waals surface area contributed by atoms with Crippen molar-refractivity contribution in [2.75, 3.05) is 6.54 Å². The molecule has 2 N–H and O–H groups in total. The Hall–Kier alpha value is -2.26. The fraction of sp³-hybridized carbons (Fsp3) is 0.692. The van der Waals surface area contributed by atoms with Crippen molar-refractivity contribution in [2.24, 2.45) is 34.3 Å². The molecule has 6 nitrogen and oxygen atoms in total. The second kappa shape index (κ2) is 9.70. The van der Waals surface area contributed by atoms with Crippen molar-refractivity contribution in [1.29, 1.82) is 0 Å². The number of hydrogen-bond acceptors (Lipinski definition) is 5. The second-order valence-electron chi connectivity index (χ2n) is 11.0. The summed E-state index contributed by atoms with van der Waals surface area (Å²) in [4.78, 5) is 53.4. The van der Waals surface area contributed by atoms with Crippen LogP contribution in [0.15, 0.2) is 12.7 Å². The van der Waals surface area contributed by atoms with Crippen molar-refractivity contribution in [3.63, 3.8) is 0 Å². The number of fused-ring (bicyclic) bond motifs is 1. The fourth-order valence-electron chi connectivity index (χ4n) is 4.96. The Balaban J connectivity index is 2.24. The number of carbonyl (C=O) groups is 4. The Labute approximate surface area is 192 Å². The van der Waals surface area contributed by atoms with Crippen molar-refractivity contribution in [2.45, 2.75) is 78.8 Å². The average Bonchev–Trinajstić information content (AvgIpc) is 3.05. The molecule has 0 aromatic carbocycles. The zero-order chi connectivity index (χ0) is 24.4. The lowest BCUT2D eigenvalue weighted by molar-refractivity contribution is -0.144. The minimum absolute atomic E-state index is 0.0406. The Morgan fingerprint density at radius 2 is 1.91 bits per heavy atom. The van der Waals surface area contributed by atoms with Crippen LogP contribution in [0.25, 0.3) is 0 Å². The number of rotatable bonds is 11. The Morgan fingerprint density at radius 1 is 1.28 bits per heavy atom. The molecule has 1 saturated carbocycles. The van der Waals surface area contributed by atoms with Crippen molar-refractivity contribution in [1.82, 2.24) is 4.90 Å². The van der Waals surface area contributed by atoms with Gasteiger partial charge in [0.2, 0.25) is 11.7 Å². The standard InChI is InChI=1S/C26H38N2O4/c1-8-10-12-16(22(31)18(29)13-11-9-2)14-19(30)21-20-17(26(20,6)7)15-28(21)24(32)23(27)25(3,4)5/h1,9,16-17,20-21,23H,2,10-15,27H2,3-7H3/t16?,17?,20-,21+,23+/m0/s1. The monoisotopic (exact) mass is 442 g/mol. The van der Waals surface area contributed by atoms with Crippen molar-refractivity contribution < 1.29 is 19.2 Å². The zero-order valence-electron chi connectivity index (χ0n) is 20.1. The smallest absolute Gasteiger partial charge is 0.240 e. The molecule has 0 radical (unpaired) electrons. The maximum absolute atomic E-state index is 13.5. The van der Waals surface area contributed by atoms with Gasteiger partial charge in [0.25, 0.3) is 0 Å². The van der Waals surface area contributed by atoms with E-state index in [1.165, 1.54) is 0 Å². The van der Waals surface area contributed by atoms with Gasteiger partial charge in [-0.3, -0.25) is 19.2 Å². The summed E-state index contributed by atoms with van der Waals surface area (Å²) >= 11 is 0. The van der Waals surface area contributed by atoms with E-state index in [-0.39, 0.29) is 48.2 Å². The van der Waals surface area contributed by atoms with Crippen molar-refractivity contribution in [3.8, 4) is 12.3 Å². The highest BCUT2D eigenvalue weighted by atomic mass is 16.2. The minimum atomic E-state index is -0.759. The lowest BCUT2D eigenvalue weighted by Crippen LogP contribution is -2.55. The normalized spacial score (nSPS) is 25.3. The van der Waals surface area contributed by atoms with E-state index in [1.54, 1.807) is 11.0 Å². The predicted octanol–water partition coefficient (Wildman–Crippen LogP) is 2.94. The summed E-state index contributed by atoms with van der Waals surface area (Å²) in [6, 6.07) is -1.34. The SMILES string of the molecule is C#CCCC(CC(=O)[C@@H]1[C@@H]2C(CN1C(=O)[C@@H](N)C(C)(C)C)C2(C)C)C(=O)C(=O)CCC=C. The van der Waals surface area contributed by atoms with E-state index in [0.29, 0.717) is 19.4 Å². The lowest BCUT2D eigenvalue weighted by atomic mass is 9.84. The topological polar surface area (TPSA) is 97.5 Å². The first-order valence-corrected chi connectivity index (χ1v) is 11.5. The molecule has 5 atom stereocenters. The average molecular weight is 443 g/mol. The third kappa shape index (κ3) is 5.20. The number of nitrogens with zero attached hydrogens (tertiary/aromatic N) is 1. The summed E-state index contributed by atoms with van der Waals surface area (Å²) in [5, 5.41) is 0. The second-order valence-corrected chi connectivity index (χ2v) is 11.0. The molecule has 1 saturated heterocycles. The summed E-state index contributed by atoms with van der Waals surface area (Å²) in [7, 11) is 0. The van der Waals surface area contributed by atoms with Gasteiger partial charge in [-0.2, -0.15) is 0 Å². The fourth-order valence-corrected chi connectivity index (χ4v) is 4.96. The van der Waals surface area contributed by atoms with Crippen LogP contribution >= 0.6 is 0 Å². The van der Waals surface area contributed by atoms with Gasteiger partial charge in [-0.05, 0) is 35.5 Å². The molecule has 1 aliphatic carbocycles. The molecule has 0 aromatic heterocycles. The zero-order valence-corrected chi connectivity index (χ0v) is 20.1. The summed E-state index contributed by atoms with van der Waals surface area (Å²) < 4.78 is 0. The van der Waals surface area contributed by atoms with Gasteiger partial charge in [-0.25, -0.2) is 0 Å². The molecule has 176 valence electrons. The highest BCUT2D eigenvalue weighted by molar-refractivity contribution is 6.38. The van der Waals surface area contributed by atoms with Gasteiger partial charge in [0.05, 0.1) is 12.1 Å². The number of likely N-dealkylation sites (tertiary alicyclic amines) is 1. The van der Waals surface area contributed by atoms with E-state index in [0.717, 1.165) is 0 Å². The van der Waals surface area contributed by atoms with Crippen LogP contribution < -0.4 is 5.73 Å². The molecular formula is C26H38N2O4. The van der Waals surface area contributed by atoms with Gasteiger partial charge in [0, 0.05) is 31.7 Å². The third-order valence-corrected chi connectivity index (χ3v) is 7.33. The van der Waals surface area contributed by atoms with E-state index in [1.807, 2.05) is 20.8 Å². The summed E-state index contributed by atoms with van der Waals surface area (Å²) in [6.45, 7) is 14.0. The molecule has 2 aliphatic rings. The van der Waals surface area contributed by atoms with Gasteiger partial charge in [0.1, 0.15) is 0 Å². The van der Waals surface area contributed by atoms with Crippen LogP contribution in [-0.4, -0.2) is 46.8 Å². The largest absolute Gasteiger partial charge is 0.331 e. The van der Waals surface area contributed by atoms with Crippen molar-refractivity contribution in [3.05, 3.63) is 12.7 Å². The van der Waals surface area contributed by atoms with Gasteiger partial charge in [-0.15, -0.1) is 18.9 Å². The number of ketones is 3. The Kier molecular flexibility index (Phi) is 7.88. The van der Waals surface area contributed by atoms with E-state index >= 15 is 0 Å². The van der Waals surface area contributed by atoms with E-state index < -0.39 is 35.0 Å². The quantitative estimate of drug-likeness (QED) is 0.301. The van der Waals surface area contributed by atoms with Crippen LogP contribution in [0.4, 0.5) is 0 Å². The van der Waals surface area contributed by atoms with Gasteiger partial charge >= 0.3 is 0 Å². The number of piperidine rings is 1. The number of allylic oxidation sites excluding steroid dienone is 1. The molecule has 2 unspecified atom stereocenters. The number of terminal acetylenes is 1. The number of nitrogens with two attached hydrogens (primary N) is 1. The maximum Gasteiger partial charge on any atom is 0.240 e. The summed E-state index contributed by atoms with van der Waals surface area (Å²) in [6.07, 6.45) is 7.95. The number of amides is 1. The van der Waals surface area contributed by atoms with Crippen LogP contribution in [0, 0.1) is 40.9 Å². The van der Waals surface area contributed by atoms with E-state index in [9.17, 15) is 19.2 Å². The Bertz CT molecular complexity index is 830. The molecule has 2 fully saturated rings. The number of hydrogen-bond donors (Lipinski definition) is 1. The minimum Gasteiger partial charge on any atom is -0.331 e. The lowest BCUT2D eigenvalue weighted by Gasteiger charge is -2.36. The van der Waals surface area contributed by atoms with Gasteiger partial charge in [-0.1, -0.05) is 40.7 Å². The molecule has 0 spiro atoms. The molecule has 0 aromatic rings. The van der Waals surface area contributed by atoms with Crippen LogP contribution in [0.2, 0.25) is 0 Å². The highest BCUT2D eigenvalue weighted by Gasteiger charge is 2.69. The van der Waals surface area contributed by atoms with Crippen molar-refractivity contribution >= 4 is 23.3 Å². The molecule has 1 aliphatic heterocycles. The van der Waals surface area contributed by atoms with Crippen LogP contribution in [0.3, 0.4) is 0 Å². The van der Waals surface area contributed by atoms with Crippen LogP contribution in [-0.2, 0) is 19.2 Å². The first-order valence-electron chi connectivity index (χ1n) is 11.5. The molecule has 1 amide bonds. The molecule has 0 bridgehead atoms. The molecule has 6 heteroatoms. The van der Waals surface area contributed by atoms with E-state index in [2.05, 4.69) is 26.3 Å². The highest BCUT2D eigenvalue weighted by Crippen LogP contribution is 2.65. The van der Waals surface area contributed by atoms with Crippen LogP contribution in [0.5, 0.6) is 0 Å². The predicted molar refractivity (Wildman–Crippen MR) is 124 cm³/mol. The van der Waals surface area contributed by atoms with E-state index in [4.69, 9.17) is 12.2 Å². The van der Waals surface area contributed by atoms with Gasteiger partial charge < -0.3 is 10.6 Å². The van der Waals surface area contributed by atoms with Gasteiger partial charge in [0.15, 0.2) is 11.6 Å². The first-order chi connectivity index (χ1) is 14.8. The van der Waals surface area contributed by atoms with Crippen LogP contribution in [0.1, 0.15) is 66.7 Å². The molecule has 1 heterocycles. The maximum atomic E-state index is 13.5. The first kappa shape index (κ1) is 26.0. The summed E-state index contributed by atoms with van der Waals surface area (Å²) in [5.74, 6) is 0.561. The summed E-state index contributed by atoms with van der Waals surface area (Å²) in [5.41, 5.74) is 5.76. The number of carbonyl (C=O) groups excluding carboxylic acids is 4. The molecule has 32 heavy (non-hydrogen) atoms. The number of Topliss-reactive ketones (excluding diaryl/α,β-unsaturated/α-hetero) is 3.